The number of rotatable bonds is 3. The lowest BCUT2D eigenvalue weighted by molar-refractivity contribution is -0.157. The van der Waals surface area contributed by atoms with Gasteiger partial charge in [-0.1, -0.05) is 24.6 Å². The van der Waals surface area contributed by atoms with Gasteiger partial charge in [0.1, 0.15) is 11.5 Å². The highest BCUT2D eigenvalue weighted by molar-refractivity contribution is 5.78. The van der Waals surface area contributed by atoms with Crippen LogP contribution in [-0.2, 0) is 9.53 Å². The first-order valence-electron chi connectivity index (χ1n) is 7.42. The molecule has 20 heavy (non-hydrogen) atoms. The summed E-state index contributed by atoms with van der Waals surface area (Å²) in [7, 11) is 0. The summed E-state index contributed by atoms with van der Waals surface area (Å²) >= 11 is 0. The van der Waals surface area contributed by atoms with Crippen molar-refractivity contribution in [2.24, 2.45) is 0 Å². The van der Waals surface area contributed by atoms with Crippen molar-refractivity contribution in [2.45, 2.75) is 37.8 Å². The van der Waals surface area contributed by atoms with Gasteiger partial charge in [0.05, 0.1) is 6.61 Å². The lowest BCUT2D eigenvalue weighted by Crippen LogP contribution is -2.50. The summed E-state index contributed by atoms with van der Waals surface area (Å²) in [5.41, 5.74) is -0.338. The second-order valence-electron chi connectivity index (χ2n) is 5.50. The minimum absolute atomic E-state index is 0.0354. The van der Waals surface area contributed by atoms with Crippen LogP contribution in [0.5, 0.6) is 5.75 Å². The molecule has 1 spiro atoms. The van der Waals surface area contributed by atoms with Crippen LogP contribution in [0, 0.1) is 0 Å². The Hall–Kier alpha value is -1.55. The lowest BCUT2D eigenvalue weighted by Gasteiger charge is -2.39. The standard InChI is InChI=1S/C16H21NO3/c18-15(13-19-14-7-3-1-4-8-14)17-11-12-20-16(17)9-5-2-6-10-16/h1,3-4,7-8H,2,5-6,9-13H2. The Morgan fingerprint density at radius 2 is 1.95 bits per heavy atom. The van der Waals surface area contributed by atoms with Gasteiger partial charge in [-0.3, -0.25) is 4.79 Å². The van der Waals surface area contributed by atoms with E-state index in [-0.39, 0.29) is 18.2 Å². The smallest absolute Gasteiger partial charge is 0.262 e. The van der Waals surface area contributed by atoms with E-state index in [1.165, 1.54) is 6.42 Å². The van der Waals surface area contributed by atoms with Gasteiger partial charge >= 0.3 is 0 Å². The molecule has 0 radical (unpaired) electrons. The van der Waals surface area contributed by atoms with Crippen molar-refractivity contribution >= 4 is 5.91 Å². The van der Waals surface area contributed by atoms with Gasteiger partial charge in [-0.05, 0) is 37.8 Å². The molecule has 0 aromatic heterocycles. The van der Waals surface area contributed by atoms with E-state index in [2.05, 4.69) is 0 Å². The fraction of sp³-hybridized carbons (Fsp3) is 0.562. The zero-order chi connectivity index (χ0) is 13.8. The molecule has 0 atom stereocenters. The van der Waals surface area contributed by atoms with E-state index in [4.69, 9.17) is 9.47 Å². The Kier molecular flexibility index (Phi) is 3.92. The van der Waals surface area contributed by atoms with Crippen molar-refractivity contribution in [1.29, 1.82) is 0 Å². The summed E-state index contributed by atoms with van der Waals surface area (Å²) in [6.45, 7) is 1.43. The summed E-state index contributed by atoms with van der Waals surface area (Å²) in [4.78, 5) is 14.3. The highest BCUT2D eigenvalue weighted by Gasteiger charge is 2.45. The molecule has 4 nitrogen and oxygen atoms in total. The van der Waals surface area contributed by atoms with Crippen molar-refractivity contribution in [1.82, 2.24) is 4.90 Å². The quantitative estimate of drug-likeness (QED) is 0.851. The molecule has 1 saturated carbocycles. The van der Waals surface area contributed by atoms with Crippen molar-refractivity contribution in [3.05, 3.63) is 30.3 Å². The number of ether oxygens (including phenoxy) is 2. The van der Waals surface area contributed by atoms with E-state index in [9.17, 15) is 4.79 Å². The molecular formula is C16H21NO3. The topological polar surface area (TPSA) is 38.8 Å². The Bertz CT molecular complexity index is 454. The van der Waals surface area contributed by atoms with E-state index in [1.807, 2.05) is 35.2 Å². The molecule has 0 N–H and O–H groups in total. The highest BCUT2D eigenvalue weighted by Crippen LogP contribution is 2.37. The molecule has 0 unspecified atom stereocenters. The average Bonchev–Trinajstić information content (AvgIpc) is 2.90. The summed E-state index contributed by atoms with van der Waals surface area (Å²) in [6.07, 6.45) is 5.45. The number of benzene rings is 1. The van der Waals surface area contributed by atoms with Gasteiger partial charge < -0.3 is 14.4 Å². The summed E-state index contributed by atoms with van der Waals surface area (Å²) in [5, 5.41) is 0. The van der Waals surface area contributed by atoms with Crippen molar-refractivity contribution in [2.75, 3.05) is 19.8 Å². The van der Waals surface area contributed by atoms with Gasteiger partial charge in [-0.2, -0.15) is 0 Å². The molecule has 1 heterocycles. The van der Waals surface area contributed by atoms with Crippen molar-refractivity contribution in [3.63, 3.8) is 0 Å². The van der Waals surface area contributed by atoms with Crippen LogP contribution in [0.1, 0.15) is 32.1 Å². The van der Waals surface area contributed by atoms with Crippen LogP contribution in [-0.4, -0.2) is 36.3 Å². The SMILES string of the molecule is O=C(COc1ccccc1)N1CCOC12CCCCC2. The first-order valence-corrected chi connectivity index (χ1v) is 7.42. The maximum Gasteiger partial charge on any atom is 0.262 e. The molecular weight excluding hydrogens is 254 g/mol. The highest BCUT2D eigenvalue weighted by atomic mass is 16.5. The minimum atomic E-state index is -0.338. The van der Waals surface area contributed by atoms with Crippen LogP contribution in [0.25, 0.3) is 0 Å². The Labute approximate surface area is 119 Å². The van der Waals surface area contributed by atoms with E-state index >= 15 is 0 Å². The van der Waals surface area contributed by atoms with Crippen LogP contribution in [0.15, 0.2) is 30.3 Å². The molecule has 1 aromatic carbocycles. The fourth-order valence-corrected chi connectivity index (χ4v) is 3.22. The molecule has 3 rings (SSSR count). The molecule has 2 aliphatic rings. The predicted octanol–water partition coefficient (Wildman–Crippen LogP) is 2.58. The maximum absolute atomic E-state index is 12.4. The molecule has 108 valence electrons. The number of carbonyl (C=O) groups excluding carboxylic acids is 1. The van der Waals surface area contributed by atoms with Crippen molar-refractivity contribution in [3.8, 4) is 5.75 Å². The number of hydrogen-bond donors (Lipinski definition) is 0. The number of amides is 1. The monoisotopic (exact) mass is 275 g/mol. The van der Waals surface area contributed by atoms with Crippen LogP contribution < -0.4 is 4.74 Å². The first kappa shape index (κ1) is 13.4. The summed E-state index contributed by atoms with van der Waals surface area (Å²) in [5.74, 6) is 0.770. The van der Waals surface area contributed by atoms with Crippen molar-refractivity contribution < 1.29 is 14.3 Å². The Balaban J connectivity index is 1.61. The number of hydrogen-bond acceptors (Lipinski definition) is 3. The van der Waals surface area contributed by atoms with E-state index < -0.39 is 0 Å². The van der Waals surface area contributed by atoms with E-state index in [0.29, 0.717) is 13.2 Å². The third-order valence-corrected chi connectivity index (χ3v) is 4.22. The first-order chi connectivity index (χ1) is 9.80. The van der Waals surface area contributed by atoms with E-state index in [0.717, 1.165) is 31.4 Å². The largest absolute Gasteiger partial charge is 0.484 e. The number of nitrogens with zero attached hydrogens (tertiary/aromatic N) is 1. The molecule has 1 aliphatic carbocycles. The van der Waals surface area contributed by atoms with Gasteiger partial charge in [0.2, 0.25) is 0 Å². The van der Waals surface area contributed by atoms with Crippen LogP contribution in [0.2, 0.25) is 0 Å². The molecule has 2 fully saturated rings. The molecule has 0 bridgehead atoms. The fourth-order valence-electron chi connectivity index (χ4n) is 3.22. The third kappa shape index (κ3) is 2.66. The molecule has 4 heteroatoms. The second-order valence-corrected chi connectivity index (χ2v) is 5.50. The van der Waals surface area contributed by atoms with Gasteiger partial charge in [-0.15, -0.1) is 0 Å². The summed E-state index contributed by atoms with van der Waals surface area (Å²) < 4.78 is 11.5. The predicted molar refractivity (Wildman–Crippen MR) is 75.4 cm³/mol. The zero-order valence-corrected chi connectivity index (χ0v) is 11.7. The normalized spacial score (nSPS) is 21.1. The van der Waals surface area contributed by atoms with Crippen LogP contribution in [0.3, 0.4) is 0 Å². The lowest BCUT2D eigenvalue weighted by atomic mass is 9.90. The zero-order valence-electron chi connectivity index (χ0n) is 11.7. The van der Waals surface area contributed by atoms with Gasteiger partial charge in [0, 0.05) is 6.54 Å². The second kappa shape index (κ2) is 5.83. The van der Waals surface area contributed by atoms with Gasteiger partial charge in [-0.25, -0.2) is 0 Å². The summed E-state index contributed by atoms with van der Waals surface area (Å²) in [6, 6.07) is 9.47. The van der Waals surface area contributed by atoms with E-state index in [1.54, 1.807) is 0 Å². The maximum atomic E-state index is 12.4. The van der Waals surface area contributed by atoms with Crippen LogP contribution >= 0.6 is 0 Å². The molecule has 1 aliphatic heterocycles. The number of para-hydroxylation sites is 1. The Morgan fingerprint density at radius 3 is 2.70 bits per heavy atom. The Morgan fingerprint density at radius 1 is 1.20 bits per heavy atom. The molecule has 1 saturated heterocycles. The van der Waals surface area contributed by atoms with Crippen LogP contribution in [0.4, 0.5) is 0 Å². The minimum Gasteiger partial charge on any atom is -0.484 e. The molecule has 1 amide bonds. The average molecular weight is 275 g/mol. The van der Waals surface area contributed by atoms with Gasteiger partial charge in [0.25, 0.3) is 5.91 Å². The third-order valence-electron chi connectivity index (χ3n) is 4.22. The van der Waals surface area contributed by atoms with Gasteiger partial charge in [0.15, 0.2) is 6.61 Å². The number of carbonyl (C=O) groups is 1. The molecule has 1 aromatic rings.